The maximum atomic E-state index is 13.5. The van der Waals surface area contributed by atoms with E-state index in [9.17, 15) is 8.42 Å². The van der Waals surface area contributed by atoms with E-state index in [1.54, 1.807) is 21.3 Å². The third-order valence-corrected chi connectivity index (χ3v) is 8.25. The summed E-state index contributed by atoms with van der Waals surface area (Å²) >= 11 is 0. The average Bonchev–Trinajstić information content (AvgIpc) is 3.41. The number of sulfonamides is 1. The number of nitrogens with zero attached hydrogens (tertiary/aromatic N) is 4. The summed E-state index contributed by atoms with van der Waals surface area (Å²) in [6.45, 7) is 5.07. The Balaban J connectivity index is 1.41. The van der Waals surface area contributed by atoms with Crippen LogP contribution in [-0.2, 0) is 14.8 Å². The maximum absolute atomic E-state index is 13.5. The number of fused-ring (bicyclic) bond motifs is 1. The molecule has 3 fully saturated rings. The van der Waals surface area contributed by atoms with Crippen molar-refractivity contribution in [2.45, 2.75) is 36.7 Å². The van der Waals surface area contributed by atoms with Gasteiger partial charge in [0.05, 0.1) is 23.8 Å². The molecule has 0 spiro atoms. The number of ether oxygens (including phenoxy) is 1. The normalized spacial score (nSPS) is 26.9. The van der Waals surface area contributed by atoms with E-state index in [2.05, 4.69) is 10.00 Å². The Hall–Kier alpha value is -1.74. The van der Waals surface area contributed by atoms with Crippen LogP contribution >= 0.6 is 0 Å². The highest BCUT2D eigenvalue weighted by molar-refractivity contribution is 7.89. The van der Waals surface area contributed by atoms with Crippen LogP contribution < -0.4 is 0 Å². The Bertz CT molecular complexity index is 956. The molecule has 2 aromatic rings. The molecule has 2 aliphatic heterocycles. The van der Waals surface area contributed by atoms with Crippen LogP contribution in [0, 0.1) is 12.8 Å². The molecule has 1 saturated carbocycles. The smallest absolute Gasteiger partial charge is 0.243 e. The lowest BCUT2D eigenvalue weighted by atomic mass is 10.0. The van der Waals surface area contributed by atoms with Gasteiger partial charge in [-0.15, -0.1) is 0 Å². The first kappa shape index (κ1) is 18.3. The lowest BCUT2D eigenvalue weighted by molar-refractivity contribution is -0.0759. The highest BCUT2D eigenvalue weighted by Gasteiger charge is 2.44. The molecular formula is C20H26N4O3S. The van der Waals surface area contributed by atoms with E-state index in [0.717, 1.165) is 30.3 Å². The monoisotopic (exact) mass is 402 g/mol. The number of hydrogen-bond acceptors (Lipinski definition) is 5. The first-order chi connectivity index (χ1) is 13.5. The first-order valence-corrected chi connectivity index (χ1v) is 11.4. The fraction of sp³-hybridized carbons (Fsp3) is 0.550. The lowest BCUT2D eigenvalue weighted by Gasteiger charge is -2.47. The minimum atomic E-state index is -3.57. The van der Waals surface area contributed by atoms with Gasteiger partial charge >= 0.3 is 0 Å². The molecule has 8 heteroatoms. The van der Waals surface area contributed by atoms with Crippen molar-refractivity contribution in [3.8, 4) is 5.69 Å². The second kappa shape index (κ2) is 6.95. The second-order valence-corrected chi connectivity index (χ2v) is 10.0. The van der Waals surface area contributed by atoms with E-state index in [1.807, 2.05) is 31.3 Å². The van der Waals surface area contributed by atoms with Crippen LogP contribution in [0.3, 0.4) is 0 Å². The Morgan fingerprint density at radius 2 is 2.04 bits per heavy atom. The van der Waals surface area contributed by atoms with Gasteiger partial charge in [-0.2, -0.15) is 9.40 Å². The van der Waals surface area contributed by atoms with Crippen molar-refractivity contribution in [2.75, 3.05) is 32.8 Å². The third-order valence-electron chi connectivity index (χ3n) is 6.24. The van der Waals surface area contributed by atoms with Crippen molar-refractivity contribution in [2.24, 2.45) is 5.92 Å². The molecule has 28 heavy (non-hydrogen) atoms. The molecule has 1 aromatic carbocycles. The Morgan fingerprint density at radius 1 is 1.18 bits per heavy atom. The molecule has 1 aromatic heterocycles. The van der Waals surface area contributed by atoms with Gasteiger partial charge in [0.15, 0.2) is 0 Å². The van der Waals surface area contributed by atoms with Crippen LogP contribution in [0.25, 0.3) is 5.69 Å². The van der Waals surface area contributed by atoms with Gasteiger partial charge in [0.2, 0.25) is 10.0 Å². The van der Waals surface area contributed by atoms with Crippen molar-refractivity contribution in [3.63, 3.8) is 0 Å². The zero-order valence-corrected chi connectivity index (χ0v) is 16.9. The summed E-state index contributed by atoms with van der Waals surface area (Å²) < 4.78 is 36.1. The zero-order valence-electron chi connectivity index (χ0n) is 16.1. The predicted octanol–water partition coefficient (Wildman–Crippen LogP) is 1.66. The number of morpholine rings is 1. The van der Waals surface area contributed by atoms with Gasteiger partial charge in [-0.05, 0) is 49.4 Å². The van der Waals surface area contributed by atoms with E-state index >= 15 is 0 Å². The summed E-state index contributed by atoms with van der Waals surface area (Å²) in [6, 6.07) is 7.92. The highest BCUT2D eigenvalue weighted by atomic mass is 32.2. The van der Waals surface area contributed by atoms with Gasteiger partial charge in [-0.1, -0.05) is 6.07 Å². The van der Waals surface area contributed by atoms with Gasteiger partial charge in [-0.3, -0.25) is 4.90 Å². The number of hydrogen-bond donors (Lipinski definition) is 0. The molecular weight excluding hydrogens is 376 g/mol. The summed E-state index contributed by atoms with van der Waals surface area (Å²) in [6.07, 6.45) is 6.06. The summed E-state index contributed by atoms with van der Waals surface area (Å²) in [5, 5.41) is 4.22. The lowest BCUT2D eigenvalue weighted by Crippen LogP contribution is -2.63. The molecule has 2 saturated heterocycles. The van der Waals surface area contributed by atoms with E-state index < -0.39 is 10.0 Å². The van der Waals surface area contributed by atoms with Gasteiger partial charge in [0.1, 0.15) is 0 Å². The topological polar surface area (TPSA) is 67.7 Å². The van der Waals surface area contributed by atoms with Crippen LogP contribution in [0.4, 0.5) is 0 Å². The van der Waals surface area contributed by atoms with Crippen molar-refractivity contribution < 1.29 is 13.2 Å². The van der Waals surface area contributed by atoms with Crippen molar-refractivity contribution in [1.82, 2.24) is 19.0 Å². The summed E-state index contributed by atoms with van der Waals surface area (Å²) in [7, 11) is -3.57. The minimum Gasteiger partial charge on any atom is -0.378 e. The summed E-state index contributed by atoms with van der Waals surface area (Å²) in [5.41, 5.74) is 1.51. The highest BCUT2D eigenvalue weighted by Crippen LogP contribution is 2.38. The first-order valence-electron chi connectivity index (χ1n) is 9.98. The summed E-state index contributed by atoms with van der Waals surface area (Å²) in [4.78, 5) is 2.87. The predicted molar refractivity (Wildman–Crippen MR) is 105 cm³/mol. The Kier molecular flexibility index (Phi) is 4.54. The average molecular weight is 403 g/mol. The zero-order chi connectivity index (χ0) is 19.3. The van der Waals surface area contributed by atoms with Crippen molar-refractivity contribution >= 4 is 10.0 Å². The number of aryl methyl sites for hydroxylation is 1. The number of piperazine rings is 1. The molecule has 0 amide bonds. The molecule has 0 unspecified atom stereocenters. The minimum absolute atomic E-state index is 0.150. The molecule has 0 bridgehead atoms. The second-order valence-electron chi connectivity index (χ2n) is 8.10. The van der Waals surface area contributed by atoms with Crippen LogP contribution in [0.1, 0.15) is 18.4 Å². The number of aromatic nitrogens is 2. The Morgan fingerprint density at radius 3 is 2.79 bits per heavy atom. The fourth-order valence-electron chi connectivity index (χ4n) is 4.52. The van der Waals surface area contributed by atoms with Gasteiger partial charge in [-0.25, -0.2) is 13.1 Å². The molecule has 7 nitrogen and oxygen atoms in total. The van der Waals surface area contributed by atoms with Crippen molar-refractivity contribution in [3.05, 3.63) is 42.2 Å². The van der Waals surface area contributed by atoms with Crippen LogP contribution in [0.5, 0.6) is 0 Å². The van der Waals surface area contributed by atoms with Gasteiger partial charge in [0, 0.05) is 44.1 Å². The van der Waals surface area contributed by atoms with Crippen LogP contribution in [0.15, 0.2) is 41.6 Å². The molecule has 3 heterocycles. The van der Waals surface area contributed by atoms with Crippen LogP contribution in [-0.4, -0.2) is 72.3 Å². The standard InChI is InChI=1S/C20H26N4O3S/c1-15-3-6-17(24-8-2-7-21-24)11-20(15)28(25,26)22-9-10-23-18(12-22)13-27-14-19(23)16-4-5-16/h2-3,6-8,11,16,18-19H,4-5,9-10,12-14H2,1H3/t18-,19-/m1/s1. The molecule has 1 aliphatic carbocycles. The van der Waals surface area contributed by atoms with E-state index in [4.69, 9.17) is 4.74 Å². The van der Waals surface area contributed by atoms with Crippen molar-refractivity contribution in [1.29, 1.82) is 0 Å². The molecule has 5 rings (SSSR count). The van der Waals surface area contributed by atoms with Gasteiger partial charge < -0.3 is 4.74 Å². The van der Waals surface area contributed by atoms with E-state index in [-0.39, 0.29) is 6.04 Å². The quantitative estimate of drug-likeness (QED) is 0.778. The molecule has 3 aliphatic rings. The molecule has 150 valence electrons. The number of benzene rings is 1. The van der Waals surface area contributed by atoms with E-state index in [1.165, 1.54) is 12.8 Å². The molecule has 2 atom stereocenters. The SMILES string of the molecule is Cc1ccc(-n2cccn2)cc1S(=O)(=O)N1CCN2[C@@H](COC[C@@H]2C2CC2)C1. The van der Waals surface area contributed by atoms with E-state index in [0.29, 0.717) is 30.6 Å². The summed E-state index contributed by atoms with van der Waals surface area (Å²) in [5.74, 6) is 0.735. The fourth-order valence-corrected chi connectivity index (χ4v) is 6.24. The number of rotatable bonds is 4. The molecule has 0 radical (unpaired) electrons. The third kappa shape index (κ3) is 3.18. The Labute approximate surface area is 165 Å². The molecule has 0 N–H and O–H groups in total. The van der Waals surface area contributed by atoms with Crippen LogP contribution in [0.2, 0.25) is 0 Å². The maximum Gasteiger partial charge on any atom is 0.243 e. The van der Waals surface area contributed by atoms with Gasteiger partial charge in [0.25, 0.3) is 0 Å². The largest absolute Gasteiger partial charge is 0.378 e.